The number of amides is 1. The topological polar surface area (TPSA) is 185 Å². The number of aromatic hydroxyl groups is 1. The van der Waals surface area contributed by atoms with Crippen molar-refractivity contribution in [2.24, 2.45) is 51.0 Å². The fraction of sp³-hybridized carbons (Fsp3) is 0.722. The van der Waals surface area contributed by atoms with Crippen molar-refractivity contribution in [3.8, 4) is 23.3 Å². The number of benzene rings is 1. The van der Waals surface area contributed by atoms with Gasteiger partial charge in [0.25, 0.3) is 0 Å². The number of nitrogens with zero attached hydrogens (tertiary/aromatic N) is 2. The van der Waals surface area contributed by atoms with E-state index in [0.717, 1.165) is 125 Å². The van der Waals surface area contributed by atoms with Gasteiger partial charge in [-0.05, 0) is 157 Å². The van der Waals surface area contributed by atoms with Crippen molar-refractivity contribution in [1.29, 1.82) is 0 Å². The van der Waals surface area contributed by atoms with E-state index < -0.39 is 17.1 Å². The van der Waals surface area contributed by atoms with Crippen molar-refractivity contribution in [3.05, 3.63) is 46.3 Å². The number of aryl methyl sites for hydroxylation is 1. The van der Waals surface area contributed by atoms with E-state index in [9.17, 15) is 19.8 Å². The predicted octanol–water partition coefficient (Wildman–Crippen LogP) is 8.27. The van der Waals surface area contributed by atoms with E-state index in [0.29, 0.717) is 86.7 Å². The number of phenols is 1. The van der Waals surface area contributed by atoms with E-state index in [1.807, 2.05) is 32.6 Å². The Morgan fingerprint density at radius 2 is 1.88 bits per heavy atom. The minimum absolute atomic E-state index is 0.0166. The van der Waals surface area contributed by atoms with Gasteiger partial charge < -0.3 is 46.7 Å². The first-order valence-electron chi connectivity index (χ1n) is 26.3. The SMILES string of the molecule is CC(=O)O[C@@]12CCc3cc(c(O)c4c3CC[C@H]3CCC[C@@H]3O4)CN3C[C@@](CC4=CCNC(N)=C4)(CC3=O)[C@H]3C#CC[C@@H]4CC[C@@]5(CCC[C@]5(NC(N)=NC3)SSCCCCC[C@@H](CC1)[C@H](O)C2)C4. The third kappa shape index (κ3) is 9.72. The van der Waals surface area contributed by atoms with Gasteiger partial charge in [-0.2, -0.15) is 0 Å². The number of rotatable bonds is 3. The van der Waals surface area contributed by atoms with Gasteiger partial charge in [-0.1, -0.05) is 46.4 Å². The molecule has 12 nitrogen and oxygen atoms in total. The van der Waals surface area contributed by atoms with Crippen LogP contribution >= 0.6 is 21.6 Å². The Kier molecular flexibility index (Phi) is 14.0. The summed E-state index contributed by atoms with van der Waals surface area (Å²) in [5, 5.41) is 31.3. The van der Waals surface area contributed by atoms with Crippen molar-refractivity contribution in [2.75, 3.05) is 25.4 Å². The van der Waals surface area contributed by atoms with E-state index in [-0.39, 0.29) is 58.8 Å². The highest BCUT2D eigenvalue weighted by Crippen LogP contribution is 2.64. The number of aliphatic hydroxyl groups is 1. The lowest BCUT2D eigenvalue weighted by Crippen LogP contribution is -2.56. The van der Waals surface area contributed by atoms with Gasteiger partial charge in [-0.3, -0.25) is 14.6 Å². The van der Waals surface area contributed by atoms with Crippen LogP contribution < -0.4 is 26.8 Å². The second-order valence-corrected chi connectivity index (χ2v) is 25.3. The van der Waals surface area contributed by atoms with Crippen LogP contribution in [0.4, 0.5) is 0 Å². The third-order valence-corrected chi connectivity index (χ3v) is 21.5. The van der Waals surface area contributed by atoms with E-state index >= 15 is 0 Å². The maximum absolute atomic E-state index is 14.8. The molecule has 10 atom stereocenters. The summed E-state index contributed by atoms with van der Waals surface area (Å²) in [7, 11) is 3.98. The number of esters is 1. The number of guanidine groups is 1. The number of fused-ring (bicyclic) bond motifs is 12. The number of carbonyl (C=O) groups is 2. The standard InChI is InChI=1S/C54H76N6O6S2/c1-35(61)66-53-22-16-38(44(62)30-53)9-3-2-4-25-67-68-54-20-7-19-52(54)21-15-36(29-52)8-5-11-42(32-58-50(56)59-54)51(28-37-18-24-57-46(55)26-37)31-47(63)60(34-51)33-41-27-40(17-23-53)43-14-13-39-10-6-12-45(39)65-49(43)48(41)64/h18,26-27,36,38-39,42,44-45,57,62,64H,2-4,6-10,12-17,19-25,28-34,55H2,1H3,(H3,56,58,59)/t36-,38+,39-,42+,44-,45+,51-,52+,53-,54+/m1/s1. The molecular weight excluding hydrogens is 893 g/mol. The van der Waals surface area contributed by atoms with Crippen LogP contribution in [0.25, 0.3) is 0 Å². The predicted molar refractivity (Wildman–Crippen MR) is 270 cm³/mol. The molecule has 0 radical (unpaired) electrons. The summed E-state index contributed by atoms with van der Waals surface area (Å²) in [4.78, 5) is 34.5. The number of hydrogen-bond acceptors (Lipinski definition) is 13. The summed E-state index contributed by atoms with van der Waals surface area (Å²) in [6.07, 6.45) is 24.5. The molecule has 370 valence electrons. The Morgan fingerprint density at radius 3 is 2.74 bits per heavy atom. The molecule has 6 heterocycles. The molecule has 1 amide bonds. The molecule has 4 aliphatic carbocycles. The Hall–Kier alpha value is -3.67. The molecule has 0 unspecified atom stereocenters. The molecule has 0 aromatic heterocycles. The van der Waals surface area contributed by atoms with Gasteiger partial charge in [0, 0.05) is 79.4 Å². The van der Waals surface area contributed by atoms with E-state index in [1.165, 1.54) is 13.3 Å². The number of nitrogens with two attached hydrogens (primary N) is 2. The second kappa shape index (κ2) is 19.9. The van der Waals surface area contributed by atoms with Crippen molar-refractivity contribution in [3.63, 3.8) is 0 Å². The lowest BCUT2D eigenvalue weighted by atomic mass is 9.70. The van der Waals surface area contributed by atoms with Crippen LogP contribution in [0.5, 0.6) is 11.5 Å². The molecule has 10 aliphatic rings. The first kappa shape index (κ1) is 48.0. The highest BCUT2D eigenvalue weighted by Gasteiger charge is 2.59. The maximum atomic E-state index is 14.8. The largest absolute Gasteiger partial charge is 0.504 e. The van der Waals surface area contributed by atoms with Crippen LogP contribution in [0.2, 0.25) is 0 Å². The first-order valence-corrected chi connectivity index (χ1v) is 28.6. The monoisotopic (exact) mass is 969 g/mol. The summed E-state index contributed by atoms with van der Waals surface area (Å²) in [5.74, 6) is 10.8. The number of allylic oxidation sites excluding steroid dienone is 2. The quantitative estimate of drug-likeness (QED) is 0.0970. The van der Waals surface area contributed by atoms with Crippen LogP contribution in [0.1, 0.15) is 158 Å². The minimum atomic E-state index is -0.787. The van der Waals surface area contributed by atoms with Gasteiger partial charge in [0.05, 0.1) is 18.5 Å². The van der Waals surface area contributed by atoms with E-state index in [1.54, 1.807) is 0 Å². The zero-order valence-corrected chi connectivity index (χ0v) is 42.0. The van der Waals surface area contributed by atoms with Crippen LogP contribution in [0.15, 0.2) is 34.6 Å². The number of aliphatic imine (C=N–C) groups is 1. The molecule has 1 saturated heterocycles. The molecule has 11 rings (SSSR count). The number of ether oxygens (including phenoxy) is 2. The summed E-state index contributed by atoms with van der Waals surface area (Å²) >= 11 is 0. The molecule has 2 spiro atoms. The molecule has 10 bridgehead atoms. The van der Waals surface area contributed by atoms with Gasteiger partial charge >= 0.3 is 5.97 Å². The average molecular weight is 969 g/mol. The Bertz CT molecular complexity index is 2260. The highest BCUT2D eigenvalue weighted by atomic mass is 33.1. The molecule has 6 aliphatic heterocycles. The molecule has 1 aromatic carbocycles. The molecule has 5 fully saturated rings. The zero-order chi connectivity index (χ0) is 47.1. The summed E-state index contributed by atoms with van der Waals surface area (Å²) < 4.78 is 13.1. The van der Waals surface area contributed by atoms with Gasteiger partial charge in [0.1, 0.15) is 16.6 Å². The molecule has 68 heavy (non-hydrogen) atoms. The normalized spacial score (nSPS) is 37.6. The summed E-state index contributed by atoms with van der Waals surface area (Å²) in [6.45, 7) is 3.11. The van der Waals surface area contributed by atoms with Crippen molar-refractivity contribution in [2.45, 2.75) is 184 Å². The van der Waals surface area contributed by atoms with E-state index in [4.69, 9.17) is 25.9 Å². The van der Waals surface area contributed by atoms with Crippen molar-refractivity contribution < 1.29 is 29.3 Å². The highest BCUT2D eigenvalue weighted by molar-refractivity contribution is 8.77. The van der Waals surface area contributed by atoms with Crippen LogP contribution in [-0.4, -0.2) is 81.0 Å². The minimum Gasteiger partial charge on any atom is -0.504 e. The molecule has 1 aromatic rings. The Labute approximate surface area is 412 Å². The molecule has 14 heteroatoms. The molecular formula is C54H76N6O6S2. The average Bonchev–Trinajstić information content (AvgIpc) is 4.06. The zero-order valence-electron chi connectivity index (χ0n) is 40.4. The van der Waals surface area contributed by atoms with Gasteiger partial charge in [0.2, 0.25) is 5.91 Å². The number of carbonyl (C=O) groups excluding carboxylic acids is 2. The number of nitrogens with one attached hydrogen (secondary N) is 2. The lowest BCUT2D eigenvalue weighted by molar-refractivity contribution is -0.168. The number of aliphatic hydroxyl groups excluding tert-OH is 1. The molecule has 8 N–H and O–H groups in total. The summed E-state index contributed by atoms with van der Waals surface area (Å²) in [5.41, 5.74) is 16.0. The van der Waals surface area contributed by atoms with Crippen LogP contribution in [0, 0.1) is 46.3 Å². The molecule has 4 saturated carbocycles. The lowest BCUT2D eigenvalue weighted by Gasteiger charge is -2.44. The van der Waals surface area contributed by atoms with Crippen LogP contribution in [0.3, 0.4) is 0 Å². The number of phenolic OH excluding ortho intramolecular Hbond substituents is 1. The smallest absolute Gasteiger partial charge is 0.303 e. The van der Waals surface area contributed by atoms with Crippen molar-refractivity contribution >= 4 is 39.4 Å². The summed E-state index contributed by atoms with van der Waals surface area (Å²) in [6, 6.07) is 2.10. The van der Waals surface area contributed by atoms with Gasteiger partial charge in [-0.15, -0.1) is 5.92 Å². The van der Waals surface area contributed by atoms with Crippen molar-refractivity contribution in [1.82, 2.24) is 15.5 Å². The fourth-order valence-electron chi connectivity index (χ4n) is 14.6. The second-order valence-electron chi connectivity index (χ2n) is 22.6. The van der Waals surface area contributed by atoms with Gasteiger partial charge in [-0.25, -0.2) is 0 Å². The van der Waals surface area contributed by atoms with E-state index in [2.05, 4.69) is 34.6 Å². The first-order chi connectivity index (χ1) is 32.8. The van der Waals surface area contributed by atoms with Crippen LogP contribution in [-0.2, 0) is 33.7 Å². The third-order valence-electron chi connectivity index (χ3n) is 18.2. The maximum Gasteiger partial charge on any atom is 0.303 e. The fourth-order valence-corrected chi connectivity index (χ4v) is 18.2. The van der Waals surface area contributed by atoms with Gasteiger partial charge in [0.15, 0.2) is 17.5 Å². The Balaban J connectivity index is 1.04. The number of hydrogen-bond donors (Lipinski definition) is 6. The Morgan fingerprint density at radius 1 is 1.00 bits per heavy atom. The number of dihydropyridines is 1.